The Morgan fingerprint density at radius 3 is 2.37 bits per heavy atom. The first-order chi connectivity index (χ1) is 8.79. The molecule has 1 aromatic rings. The van der Waals surface area contributed by atoms with Crippen LogP contribution < -0.4 is 5.32 Å². The minimum absolute atomic E-state index is 0.160. The van der Waals surface area contributed by atoms with Crippen molar-refractivity contribution in [3.63, 3.8) is 0 Å². The summed E-state index contributed by atoms with van der Waals surface area (Å²) in [4.78, 5) is 10.4. The van der Waals surface area contributed by atoms with Gasteiger partial charge in [-0.2, -0.15) is 13.2 Å². The minimum atomic E-state index is -4.31. The number of carbonyl (C=O) groups is 1. The summed E-state index contributed by atoms with van der Waals surface area (Å²) in [5.41, 5.74) is 0.160. The van der Waals surface area contributed by atoms with Crippen molar-refractivity contribution in [1.82, 2.24) is 5.32 Å². The van der Waals surface area contributed by atoms with Gasteiger partial charge in [0, 0.05) is 6.04 Å². The van der Waals surface area contributed by atoms with E-state index in [9.17, 15) is 18.0 Å². The van der Waals surface area contributed by atoms with Crippen LogP contribution in [0, 0.1) is 0 Å². The number of hydrogen-bond donors (Lipinski definition) is 2. The molecule has 6 heteroatoms. The molecule has 0 aliphatic rings. The van der Waals surface area contributed by atoms with Crippen LogP contribution >= 0.6 is 0 Å². The predicted octanol–water partition coefficient (Wildman–Crippen LogP) is 3.68. The molecule has 0 bridgehead atoms. The molecule has 1 rings (SSSR count). The summed E-state index contributed by atoms with van der Waals surface area (Å²) in [7, 11) is 0. The van der Waals surface area contributed by atoms with Crippen LogP contribution in [0.1, 0.15) is 30.9 Å². The van der Waals surface area contributed by atoms with Crippen LogP contribution in [-0.2, 0) is 12.6 Å². The van der Waals surface area contributed by atoms with Gasteiger partial charge in [0.05, 0.1) is 5.56 Å². The molecule has 0 aliphatic heterocycles. The van der Waals surface area contributed by atoms with Gasteiger partial charge in [0.25, 0.3) is 0 Å². The standard InChI is InChI=1S/C13H16F3NO2/c1-9(17-12(18)19)3-2-4-10-5-7-11(8-6-10)13(14,15)16/h5-9,17H,2-4H2,1H3,(H,18,19). The number of carboxylic acid groups (broad SMARTS) is 1. The zero-order valence-corrected chi connectivity index (χ0v) is 10.5. The van der Waals surface area contributed by atoms with Gasteiger partial charge in [0.15, 0.2) is 0 Å². The Bertz CT molecular complexity index is 415. The quantitative estimate of drug-likeness (QED) is 0.861. The Labute approximate surface area is 109 Å². The van der Waals surface area contributed by atoms with Crippen LogP contribution in [0.15, 0.2) is 24.3 Å². The number of alkyl halides is 3. The lowest BCUT2D eigenvalue weighted by molar-refractivity contribution is -0.137. The number of halogens is 3. The molecular weight excluding hydrogens is 259 g/mol. The molecule has 0 fully saturated rings. The molecule has 0 saturated heterocycles. The molecule has 0 spiro atoms. The summed E-state index contributed by atoms with van der Waals surface area (Å²) in [6.45, 7) is 1.75. The van der Waals surface area contributed by atoms with Gasteiger partial charge >= 0.3 is 12.3 Å². The van der Waals surface area contributed by atoms with Crippen LogP contribution in [0.2, 0.25) is 0 Å². The molecular formula is C13H16F3NO2. The SMILES string of the molecule is CC(CCCc1ccc(C(F)(F)F)cc1)NC(=O)O. The number of amides is 1. The fourth-order valence-corrected chi connectivity index (χ4v) is 1.76. The first-order valence-electron chi connectivity index (χ1n) is 5.94. The van der Waals surface area contributed by atoms with Gasteiger partial charge in [-0.25, -0.2) is 4.79 Å². The smallest absolute Gasteiger partial charge is 0.416 e. The lowest BCUT2D eigenvalue weighted by Crippen LogP contribution is -2.30. The van der Waals surface area contributed by atoms with E-state index in [1.807, 2.05) is 0 Å². The molecule has 19 heavy (non-hydrogen) atoms. The lowest BCUT2D eigenvalue weighted by Gasteiger charge is -2.11. The fraction of sp³-hybridized carbons (Fsp3) is 0.462. The molecule has 1 unspecified atom stereocenters. The van der Waals surface area contributed by atoms with Gasteiger partial charge in [-0.15, -0.1) is 0 Å². The largest absolute Gasteiger partial charge is 0.465 e. The molecule has 3 nitrogen and oxygen atoms in total. The van der Waals surface area contributed by atoms with E-state index < -0.39 is 17.8 Å². The van der Waals surface area contributed by atoms with Crippen LogP contribution in [0.3, 0.4) is 0 Å². The van der Waals surface area contributed by atoms with Gasteiger partial charge in [-0.3, -0.25) is 0 Å². The number of benzene rings is 1. The summed E-state index contributed by atoms with van der Waals surface area (Å²) in [6, 6.07) is 4.88. The monoisotopic (exact) mass is 275 g/mol. The van der Waals surface area contributed by atoms with E-state index in [2.05, 4.69) is 5.32 Å². The van der Waals surface area contributed by atoms with E-state index in [4.69, 9.17) is 5.11 Å². The Balaban J connectivity index is 2.40. The summed E-state index contributed by atoms with van der Waals surface area (Å²) >= 11 is 0. The van der Waals surface area contributed by atoms with Crippen LogP contribution in [0.4, 0.5) is 18.0 Å². The Morgan fingerprint density at radius 2 is 1.89 bits per heavy atom. The summed E-state index contributed by atoms with van der Waals surface area (Å²) in [5.74, 6) is 0. The van der Waals surface area contributed by atoms with E-state index in [0.29, 0.717) is 19.3 Å². The van der Waals surface area contributed by atoms with Gasteiger partial charge in [-0.05, 0) is 43.9 Å². The van der Waals surface area contributed by atoms with E-state index in [1.165, 1.54) is 12.1 Å². The lowest BCUT2D eigenvalue weighted by atomic mass is 10.0. The van der Waals surface area contributed by atoms with E-state index in [1.54, 1.807) is 6.92 Å². The van der Waals surface area contributed by atoms with Crippen LogP contribution in [-0.4, -0.2) is 17.2 Å². The van der Waals surface area contributed by atoms with Gasteiger partial charge in [0.1, 0.15) is 0 Å². The molecule has 0 heterocycles. The van der Waals surface area contributed by atoms with E-state index >= 15 is 0 Å². The third-order valence-electron chi connectivity index (χ3n) is 2.75. The second-order valence-corrected chi connectivity index (χ2v) is 4.44. The average Bonchev–Trinajstić information content (AvgIpc) is 2.27. The van der Waals surface area contributed by atoms with Crippen molar-refractivity contribution in [3.05, 3.63) is 35.4 Å². The van der Waals surface area contributed by atoms with Gasteiger partial charge in [0.2, 0.25) is 0 Å². The van der Waals surface area contributed by atoms with E-state index in [0.717, 1.165) is 17.7 Å². The highest BCUT2D eigenvalue weighted by Crippen LogP contribution is 2.29. The normalized spacial score (nSPS) is 13.1. The third kappa shape index (κ3) is 5.63. The highest BCUT2D eigenvalue weighted by atomic mass is 19.4. The second-order valence-electron chi connectivity index (χ2n) is 4.44. The summed E-state index contributed by atoms with van der Waals surface area (Å²) < 4.78 is 37.0. The molecule has 0 saturated carbocycles. The molecule has 2 N–H and O–H groups in total. The maximum Gasteiger partial charge on any atom is 0.416 e. The number of aryl methyl sites for hydroxylation is 1. The van der Waals surface area contributed by atoms with Crippen molar-refractivity contribution in [3.8, 4) is 0 Å². The molecule has 1 amide bonds. The number of rotatable bonds is 5. The van der Waals surface area contributed by atoms with Crippen molar-refractivity contribution in [2.24, 2.45) is 0 Å². The first kappa shape index (κ1) is 15.3. The minimum Gasteiger partial charge on any atom is -0.465 e. The van der Waals surface area contributed by atoms with Crippen molar-refractivity contribution in [2.45, 2.75) is 38.4 Å². The van der Waals surface area contributed by atoms with E-state index in [-0.39, 0.29) is 6.04 Å². The van der Waals surface area contributed by atoms with Crippen molar-refractivity contribution in [2.75, 3.05) is 0 Å². The zero-order valence-electron chi connectivity index (χ0n) is 10.5. The van der Waals surface area contributed by atoms with Crippen LogP contribution in [0.5, 0.6) is 0 Å². The fourth-order valence-electron chi connectivity index (χ4n) is 1.76. The Kier molecular flexibility index (Phi) is 5.20. The number of hydrogen-bond acceptors (Lipinski definition) is 1. The highest BCUT2D eigenvalue weighted by Gasteiger charge is 2.29. The van der Waals surface area contributed by atoms with Gasteiger partial charge in [-0.1, -0.05) is 12.1 Å². The molecule has 1 atom stereocenters. The van der Waals surface area contributed by atoms with Gasteiger partial charge < -0.3 is 10.4 Å². The van der Waals surface area contributed by atoms with Crippen molar-refractivity contribution >= 4 is 6.09 Å². The third-order valence-corrected chi connectivity index (χ3v) is 2.75. The summed E-state index contributed by atoms with van der Waals surface area (Å²) in [5, 5.41) is 10.8. The topological polar surface area (TPSA) is 49.3 Å². The molecule has 106 valence electrons. The maximum atomic E-state index is 12.3. The highest BCUT2D eigenvalue weighted by molar-refractivity contribution is 5.64. The van der Waals surface area contributed by atoms with Crippen molar-refractivity contribution in [1.29, 1.82) is 0 Å². The summed E-state index contributed by atoms with van der Waals surface area (Å²) in [6.07, 6.45) is -3.38. The Morgan fingerprint density at radius 1 is 1.32 bits per heavy atom. The average molecular weight is 275 g/mol. The molecule has 0 aliphatic carbocycles. The zero-order chi connectivity index (χ0) is 14.5. The first-order valence-corrected chi connectivity index (χ1v) is 5.94. The molecule has 1 aromatic carbocycles. The Hall–Kier alpha value is -1.72. The molecule has 0 aromatic heterocycles. The number of nitrogens with one attached hydrogen (secondary N) is 1. The maximum absolute atomic E-state index is 12.3. The molecule has 0 radical (unpaired) electrons. The predicted molar refractivity (Wildman–Crippen MR) is 65.0 cm³/mol. The van der Waals surface area contributed by atoms with Crippen molar-refractivity contribution < 1.29 is 23.1 Å². The van der Waals surface area contributed by atoms with Crippen LogP contribution in [0.25, 0.3) is 0 Å². The second kappa shape index (κ2) is 6.45.